The first-order chi connectivity index (χ1) is 17.1. The molecular formula is C26H23FN6O2. The number of carbonyl (C=O) groups excluding carboxylic acids is 1. The van der Waals surface area contributed by atoms with Gasteiger partial charge in [-0.15, -0.1) is 0 Å². The van der Waals surface area contributed by atoms with Crippen molar-refractivity contribution in [2.24, 2.45) is 0 Å². The third-order valence-electron chi connectivity index (χ3n) is 5.79. The van der Waals surface area contributed by atoms with Crippen LogP contribution in [0, 0.1) is 12.7 Å². The van der Waals surface area contributed by atoms with E-state index in [0.717, 1.165) is 18.4 Å². The predicted molar refractivity (Wildman–Crippen MR) is 126 cm³/mol. The molecule has 0 unspecified atom stereocenters. The quantitative estimate of drug-likeness (QED) is 0.408. The second kappa shape index (κ2) is 9.92. The van der Waals surface area contributed by atoms with Crippen molar-refractivity contribution in [2.45, 2.75) is 32.2 Å². The molecule has 1 atom stereocenters. The molecule has 0 aliphatic carbocycles. The molecular weight excluding hydrogens is 447 g/mol. The lowest BCUT2D eigenvalue weighted by Crippen LogP contribution is -2.39. The Morgan fingerprint density at radius 1 is 1.03 bits per heavy atom. The van der Waals surface area contributed by atoms with Crippen LogP contribution in [0.5, 0.6) is 11.6 Å². The number of likely N-dealkylation sites (tertiary alicyclic amines) is 1. The highest BCUT2D eigenvalue weighted by molar-refractivity contribution is 5.93. The molecule has 5 rings (SSSR count). The molecule has 1 aliphatic heterocycles. The van der Waals surface area contributed by atoms with E-state index in [9.17, 15) is 9.18 Å². The molecule has 1 fully saturated rings. The number of piperidine rings is 1. The van der Waals surface area contributed by atoms with Crippen molar-refractivity contribution in [3.05, 3.63) is 90.3 Å². The highest BCUT2D eigenvalue weighted by Crippen LogP contribution is 2.32. The molecule has 0 radical (unpaired) electrons. The summed E-state index contributed by atoms with van der Waals surface area (Å²) in [6.45, 7) is 2.38. The highest BCUT2D eigenvalue weighted by Gasteiger charge is 2.32. The molecule has 1 aliphatic rings. The molecule has 176 valence electrons. The summed E-state index contributed by atoms with van der Waals surface area (Å²) in [5, 5.41) is 0. The Labute approximate surface area is 201 Å². The number of ether oxygens (including phenoxy) is 1. The zero-order valence-electron chi connectivity index (χ0n) is 19.1. The third kappa shape index (κ3) is 4.98. The lowest BCUT2D eigenvalue weighted by atomic mass is 10.0. The zero-order valence-corrected chi connectivity index (χ0v) is 19.1. The first kappa shape index (κ1) is 22.5. The highest BCUT2D eigenvalue weighted by atomic mass is 19.1. The van der Waals surface area contributed by atoms with Crippen LogP contribution in [0.1, 0.15) is 47.3 Å². The van der Waals surface area contributed by atoms with Crippen molar-refractivity contribution in [3.63, 3.8) is 0 Å². The summed E-state index contributed by atoms with van der Waals surface area (Å²) in [5.41, 5.74) is 2.35. The smallest absolute Gasteiger partial charge is 0.273 e. The van der Waals surface area contributed by atoms with E-state index in [1.165, 1.54) is 12.4 Å². The Kier molecular flexibility index (Phi) is 6.38. The van der Waals surface area contributed by atoms with Gasteiger partial charge in [-0.1, -0.05) is 18.2 Å². The van der Waals surface area contributed by atoms with Crippen molar-refractivity contribution in [3.8, 4) is 22.9 Å². The summed E-state index contributed by atoms with van der Waals surface area (Å²) in [6, 6.07) is 12.8. The molecule has 8 nitrogen and oxygen atoms in total. The molecule has 35 heavy (non-hydrogen) atoms. The second-order valence-electron chi connectivity index (χ2n) is 8.28. The number of rotatable bonds is 5. The maximum atomic E-state index is 14.1. The minimum absolute atomic E-state index is 0.0824. The molecule has 3 aromatic heterocycles. The molecule has 1 amide bonds. The number of benzene rings is 1. The average molecular weight is 471 g/mol. The van der Waals surface area contributed by atoms with E-state index >= 15 is 0 Å². The van der Waals surface area contributed by atoms with Crippen molar-refractivity contribution >= 4 is 5.91 Å². The Balaban J connectivity index is 1.44. The van der Waals surface area contributed by atoms with Gasteiger partial charge in [0, 0.05) is 36.3 Å². The Morgan fingerprint density at radius 3 is 2.69 bits per heavy atom. The van der Waals surface area contributed by atoms with E-state index in [2.05, 4.69) is 24.9 Å². The van der Waals surface area contributed by atoms with E-state index in [4.69, 9.17) is 4.74 Å². The number of aromatic nitrogens is 5. The van der Waals surface area contributed by atoms with Crippen LogP contribution in [0.3, 0.4) is 0 Å². The lowest BCUT2D eigenvalue weighted by molar-refractivity contribution is 0.0592. The molecule has 1 aromatic carbocycles. The van der Waals surface area contributed by atoms with E-state index < -0.39 is 5.82 Å². The van der Waals surface area contributed by atoms with Crippen molar-refractivity contribution in [2.75, 3.05) is 6.54 Å². The molecule has 0 bridgehead atoms. The van der Waals surface area contributed by atoms with Gasteiger partial charge in [0.25, 0.3) is 5.91 Å². The number of aryl methyl sites for hydroxylation is 1. The molecule has 0 N–H and O–H groups in total. The number of hydrogen-bond acceptors (Lipinski definition) is 7. The van der Waals surface area contributed by atoms with Gasteiger partial charge in [-0.2, -0.15) is 4.98 Å². The van der Waals surface area contributed by atoms with Gasteiger partial charge in [0.1, 0.15) is 12.0 Å². The fourth-order valence-electron chi connectivity index (χ4n) is 4.14. The first-order valence-electron chi connectivity index (χ1n) is 11.4. The van der Waals surface area contributed by atoms with Crippen LogP contribution < -0.4 is 4.74 Å². The number of carbonyl (C=O) groups is 1. The summed E-state index contributed by atoms with van der Waals surface area (Å²) in [6.07, 6.45) is 7.28. The fourth-order valence-corrected chi connectivity index (χ4v) is 4.14. The van der Waals surface area contributed by atoms with Crippen LogP contribution in [-0.2, 0) is 0 Å². The van der Waals surface area contributed by atoms with Gasteiger partial charge in [-0.05, 0) is 50.5 Å². The maximum Gasteiger partial charge on any atom is 0.273 e. The minimum Gasteiger partial charge on any atom is -0.436 e. The zero-order chi connectivity index (χ0) is 24.2. The predicted octanol–water partition coefficient (Wildman–Crippen LogP) is 4.94. The summed E-state index contributed by atoms with van der Waals surface area (Å²) in [7, 11) is 0. The normalized spacial score (nSPS) is 15.6. The Morgan fingerprint density at radius 2 is 1.86 bits per heavy atom. The van der Waals surface area contributed by atoms with E-state index in [1.54, 1.807) is 53.7 Å². The summed E-state index contributed by atoms with van der Waals surface area (Å²) in [4.78, 5) is 37.1. The van der Waals surface area contributed by atoms with Gasteiger partial charge in [0.2, 0.25) is 5.88 Å². The van der Waals surface area contributed by atoms with E-state index in [-0.39, 0.29) is 23.6 Å². The SMILES string of the molecule is Cc1cc(Oc2ccccc2F)nc([C@@H]2CCCCN2C(=O)c2cccc(-c3cncnc3)n2)n1. The lowest BCUT2D eigenvalue weighted by Gasteiger charge is -2.34. The van der Waals surface area contributed by atoms with Crippen molar-refractivity contribution in [1.29, 1.82) is 0 Å². The van der Waals surface area contributed by atoms with E-state index in [1.807, 2.05) is 13.0 Å². The monoisotopic (exact) mass is 470 g/mol. The Hall–Kier alpha value is -4.27. The Bertz CT molecular complexity index is 1350. The number of pyridine rings is 1. The van der Waals surface area contributed by atoms with Crippen LogP contribution >= 0.6 is 0 Å². The second-order valence-corrected chi connectivity index (χ2v) is 8.28. The standard InChI is InChI=1S/C26H23FN6O2/c1-17-13-24(35-23-11-3-2-7-19(23)27)32-25(30-17)22-10-4-5-12-33(22)26(34)21-9-6-8-20(31-21)18-14-28-16-29-15-18/h2-3,6-9,11,13-16,22H,4-5,10,12H2,1H3/t22-/m0/s1. The summed E-state index contributed by atoms with van der Waals surface area (Å²) < 4.78 is 19.8. The number of hydrogen-bond donors (Lipinski definition) is 0. The van der Waals surface area contributed by atoms with Crippen LogP contribution in [0.2, 0.25) is 0 Å². The van der Waals surface area contributed by atoms with Gasteiger partial charge >= 0.3 is 0 Å². The van der Waals surface area contributed by atoms with Crippen molar-refractivity contribution in [1.82, 2.24) is 29.8 Å². The third-order valence-corrected chi connectivity index (χ3v) is 5.79. The molecule has 0 spiro atoms. The fraction of sp³-hybridized carbons (Fsp3) is 0.231. The first-order valence-corrected chi connectivity index (χ1v) is 11.4. The largest absolute Gasteiger partial charge is 0.436 e. The van der Waals surface area contributed by atoms with Gasteiger partial charge in [0.15, 0.2) is 17.4 Å². The topological polar surface area (TPSA) is 94.0 Å². The van der Waals surface area contributed by atoms with Gasteiger partial charge < -0.3 is 9.64 Å². The average Bonchev–Trinajstić information content (AvgIpc) is 2.90. The molecule has 1 saturated heterocycles. The molecule has 0 saturated carbocycles. The number of amides is 1. The number of para-hydroxylation sites is 1. The minimum atomic E-state index is -0.477. The van der Waals surface area contributed by atoms with Crippen LogP contribution in [0.4, 0.5) is 4.39 Å². The van der Waals surface area contributed by atoms with E-state index in [0.29, 0.717) is 35.9 Å². The number of halogens is 1. The van der Waals surface area contributed by atoms with Crippen molar-refractivity contribution < 1.29 is 13.9 Å². The molecule has 4 aromatic rings. The number of nitrogens with zero attached hydrogens (tertiary/aromatic N) is 6. The molecule has 9 heteroatoms. The van der Waals surface area contributed by atoms with Crippen LogP contribution in [0.15, 0.2) is 67.3 Å². The van der Waals surface area contributed by atoms with Gasteiger partial charge in [-0.3, -0.25) is 4.79 Å². The summed E-state index contributed by atoms with van der Waals surface area (Å²) >= 11 is 0. The summed E-state index contributed by atoms with van der Waals surface area (Å²) in [5.74, 6) is 0.112. The van der Waals surface area contributed by atoms with Crippen LogP contribution in [-0.4, -0.2) is 42.3 Å². The molecule has 4 heterocycles. The van der Waals surface area contributed by atoms with Crippen LogP contribution in [0.25, 0.3) is 11.3 Å². The van der Waals surface area contributed by atoms with Gasteiger partial charge in [0.05, 0.1) is 11.7 Å². The maximum absolute atomic E-state index is 14.1. The van der Waals surface area contributed by atoms with Gasteiger partial charge in [-0.25, -0.2) is 24.3 Å².